The van der Waals surface area contributed by atoms with Crippen LogP contribution in [-0.4, -0.2) is 142 Å². The van der Waals surface area contributed by atoms with E-state index in [1.807, 2.05) is 0 Å². The van der Waals surface area contributed by atoms with E-state index in [4.69, 9.17) is 20.4 Å². The molecule has 0 rings (SSSR count). The summed E-state index contributed by atoms with van der Waals surface area (Å²) in [5.41, 5.74) is -4.56. The van der Waals surface area contributed by atoms with Gasteiger partial charge in [0.15, 0.2) is 0 Å². The summed E-state index contributed by atoms with van der Waals surface area (Å²) in [7, 11) is 0. The van der Waals surface area contributed by atoms with Gasteiger partial charge in [-0.25, -0.2) is 0 Å². The Morgan fingerprint density at radius 1 is 0.441 bits per heavy atom. The van der Waals surface area contributed by atoms with Gasteiger partial charge in [0, 0.05) is 49.6 Å². The molecule has 0 spiro atoms. The molecule has 12 nitrogen and oxygen atoms in total. The number of rotatable bonds is 8. The standard InChI is InChI=1S/4C5H10O3.2Ca/c4*1-5(2,8)3-4(6)7;;/h4*8H,3H2,1-2H3,(H,6,7);;/q;;;;2*+2/p-4. The number of aliphatic hydroxyl groups is 4. The summed E-state index contributed by atoms with van der Waals surface area (Å²) in [6.45, 7) is 11.4. The zero-order valence-corrected chi connectivity index (χ0v) is 25.7. The van der Waals surface area contributed by atoms with Crippen molar-refractivity contribution in [2.75, 3.05) is 0 Å². The molecule has 192 valence electrons. The van der Waals surface area contributed by atoms with Gasteiger partial charge in [-0.1, -0.05) is 0 Å². The number of aliphatic carboxylic acids is 4. The fourth-order valence-electron chi connectivity index (χ4n) is 1.41. The van der Waals surface area contributed by atoms with Gasteiger partial charge in [0.2, 0.25) is 0 Å². The van der Waals surface area contributed by atoms with Crippen LogP contribution < -0.4 is 20.4 Å². The van der Waals surface area contributed by atoms with Crippen molar-refractivity contribution in [3.63, 3.8) is 0 Å². The maximum Gasteiger partial charge on any atom is 2.00 e. The van der Waals surface area contributed by atoms with Crippen LogP contribution in [-0.2, 0) is 19.2 Å². The second-order valence-electron chi connectivity index (χ2n) is 9.44. The topological polar surface area (TPSA) is 241 Å². The maximum absolute atomic E-state index is 9.74. The van der Waals surface area contributed by atoms with Gasteiger partial charge < -0.3 is 60.0 Å². The first-order valence-electron chi connectivity index (χ1n) is 9.36. The molecule has 34 heavy (non-hydrogen) atoms. The van der Waals surface area contributed by atoms with Crippen LogP contribution in [0.2, 0.25) is 0 Å². The van der Waals surface area contributed by atoms with Crippen LogP contribution in [0.15, 0.2) is 0 Å². The number of carbonyl (C=O) groups is 4. The molecule has 0 aromatic heterocycles. The second-order valence-corrected chi connectivity index (χ2v) is 9.44. The van der Waals surface area contributed by atoms with Gasteiger partial charge in [-0.05, 0) is 55.4 Å². The Balaban J connectivity index is -0.0000000754. The van der Waals surface area contributed by atoms with E-state index in [0.717, 1.165) is 0 Å². The van der Waals surface area contributed by atoms with Crippen LogP contribution >= 0.6 is 0 Å². The molecule has 0 amide bonds. The molecule has 0 atom stereocenters. The second kappa shape index (κ2) is 21.3. The third kappa shape index (κ3) is 76.8. The normalized spacial score (nSPS) is 10.7. The molecular weight excluding hydrogens is 512 g/mol. The zero-order chi connectivity index (χ0) is 27.1. The van der Waals surface area contributed by atoms with Crippen molar-refractivity contribution < 1.29 is 60.0 Å². The quantitative estimate of drug-likeness (QED) is 0.208. The Hall–Kier alpha value is 0.239. The van der Waals surface area contributed by atoms with E-state index in [9.17, 15) is 39.6 Å². The smallest absolute Gasteiger partial charge is 0.550 e. The first kappa shape index (κ1) is 47.4. The fourth-order valence-corrected chi connectivity index (χ4v) is 1.41. The van der Waals surface area contributed by atoms with E-state index < -0.39 is 46.3 Å². The van der Waals surface area contributed by atoms with E-state index in [-0.39, 0.29) is 101 Å². The largest absolute Gasteiger partial charge is 2.00 e. The SMILES string of the molecule is CC(C)(O)CC(=O)[O-].CC(C)(O)CC(=O)[O-].CC(C)(O)CC(=O)[O-].CC(C)(O)CC(=O)[O-].[Ca+2].[Ca+2]. The fraction of sp³-hybridized carbons (Fsp3) is 0.800. The van der Waals surface area contributed by atoms with Crippen LogP contribution in [0.3, 0.4) is 0 Å². The average Bonchev–Trinajstić information content (AvgIpc) is 2.26. The van der Waals surface area contributed by atoms with Gasteiger partial charge >= 0.3 is 75.5 Å². The third-order valence-corrected chi connectivity index (χ3v) is 2.31. The minimum atomic E-state index is -1.22. The van der Waals surface area contributed by atoms with Gasteiger partial charge in [-0.3, -0.25) is 0 Å². The number of carboxylic acids is 4. The minimum absolute atomic E-state index is 0. The molecule has 0 aliphatic rings. The van der Waals surface area contributed by atoms with Crippen molar-refractivity contribution in [2.24, 2.45) is 0 Å². The number of carbonyl (C=O) groups excluding carboxylic acids is 4. The van der Waals surface area contributed by atoms with E-state index in [1.54, 1.807) is 0 Å². The predicted octanol–water partition coefficient (Wildman–Crippen LogP) is -5.17. The Labute approximate surface area is 260 Å². The summed E-state index contributed by atoms with van der Waals surface area (Å²) >= 11 is 0. The Bertz CT molecular complexity index is 476. The first-order chi connectivity index (χ1) is 13.7. The number of carboxylic acid groups (broad SMARTS) is 4. The van der Waals surface area contributed by atoms with Crippen molar-refractivity contribution in [3.8, 4) is 0 Å². The molecule has 0 heterocycles. The number of hydrogen-bond donors (Lipinski definition) is 4. The summed E-state index contributed by atoms with van der Waals surface area (Å²) in [6, 6.07) is 0. The van der Waals surface area contributed by atoms with Crippen LogP contribution in [0, 0.1) is 0 Å². The van der Waals surface area contributed by atoms with E-state index in [0.29, 0.717) is 0 Å². The van der Waals surface area contributed by atoms with Crippen molar-refractivity contribution >= 4 is 99.4 Å². The molecule has 0 unspecified atom stereocenters. The Morgan fingerprint density at radius 2 is 0.529 bits per heavy atom. The molecule has 0 radical (unpaired) electrons. The molecule has 4 N–H and O–H groups in total. The maximum atomic E-state index is 9.74. The van der Waals surface area contributed by atoms with E-state index in [2.05, 4.69) is 0 Å². The van der Waals surface area contributed by atoms with Crippen molar-refractivity contribution in [2.45, 2.75) is 103 Å². The Morgan fingerprint density at radius 3 is 0.529 bits per heavy atom. The predicted molar refractivity (Wildman–Crippen MR) is 115 cm³/mol. The van der Waals surface area contributed by atoms with Crippen molar-refractivity contribution in [1.29, 1.82) is 0 Å². The van der Waals surface area contributed by atoms with Crippen molar-refractivity contribution in [1.82, 2.24) is 0 Å². The van der Waals surface area contributed by atoms with Gasteiger partial charge in [-0.15, -0.1) is 0 Å². The molecule has 0 saturated carbocycles. The third-order valence-electron chi connectivity index (χ3n) is 2.31. The molecule has 0 fully saturated rings. The summed E-state index contributed by atoms with van der Waals surface area (Å²) in [5.74, 6) is -4.90. The van der Waals surface area contributed by atoms with Gasteiger partial charge in [0.1, 0.15) is 0 Å². The molecule has 0 aliphatic heterocycles. The average molecular weight is 549 g/mol. The van der Waals surface area contributed by atoms with E-state index in [1.165, 1.54) is 55.4 Å². The van der Waals surface area contributed by atoms with Crippen molar-refractivity contribution in [3.05, 3.63) is 0 Å². The monoisotopic (exact) mass is 548 g/mol. The molecule has 0 aromatic carbocycles. The van der Waals surface area contributed by atoms with Gasteiger partial charge in [0.05, 0.1) is 22.4 Å². The van der Waals surface area contributed by atoms with Crippen LogP contribution in [0.25, 0.3) is 0 Å². The van der Waals surface area contributed by atoms with Gasteiger partial charge in [0.25, 0.3) is 0 Å². The summed E-state index contributed by atoms with van der Waals surface area (Å²) < 4.78 is 0. The molecule has 0 aromatic rings. The minimum Gasteiger partial charge on any atom is -0.550 e. The molecular formula is C20H36Ca2O12. The number of hydrogen-bond acceptors (Lipinski definition) is 12. The van der Waals surface area contributed by atoms with Crippen LogP contribution in [0.4, 0.5) is 0 Å². The first-order valence-corrected chi connectivity index (χ1v) is 9.36. The summed E-state index contributed by atoms with van der Waals surface area (Å²) in [6.07, 6.45) is -1.25. The van der Waals surface area contributed by atoms with E-state index >= 15 is 0 Å². The van der Waals surface area contributed by atoms with Gasteiger partial charge in [-0.2, -0.15) is 0 Å². The zero-order valence-electron chi connectivity index (χ0n) is 21.3. The summed E-state index contributed by atoms with van der Waals surface area (Å²) in [5, 5.41) is 74.0. The van der Waals surface area contributed by atoms with Crippen LogP contribution in [0.1, 0.15) is 81.1 Å². The molecule has 14 heteroatoms. The molecule has 0 saturated heterocycles. The summed E-state index contributed by atoms with van der Waals surface area (Å²) in [4.78, 5) is 39.0. The molecule has 0 aliphatic carbocycles. The van der Waals surface area contributed by atoms with Crippen LogP contribution in [0.5, 0.6) is 0 Å². The Kier molecular flexibility index (Phi) is 29.8. The molecule has 0 bridgehead atoms.